The Morgan fingerprint density at radius 3 is 2.29 bits per heavy atom. The molecule has 3 aliphatic carbocycles. The molecule has 3 aliphatic rings. The van der Waals surface area contributed by atoms with Gasteiger partial charge in [-0.1, -0.05) is 45.9 Å². The predicted molar refractivity (Wildman–Crippen MR) is 115 cm³/mol. The molecule has 0 aromatic heterocycles. The van der Waals surface area contributed by atoms with Gasteiger partial charge in [0.25, 0.3) is 0 Å². The van der Waals surface area contributed by atoms with Crippen molar-refractivity contribution >= 4 is 23.3 Å². The normalized spacial score (nSPS) is 37.5. The van der Waals surface area contributed by atoms with Gasteiger partial charge in [-0.05, 0) is 66.9 Å². The summed E-state index contributed by atoms with van der Waals surface area (Å²) in [5, 5.41) is 0.0391. The fourth-order valence-electron chi connectivity index (χ4n) is 6.97. The largest absolute Gasteiger partial charge is 0.300 e. The van der Waals surface area contributed by atoms with Crippen molar-refractivity contribution < 1.29 is 9.59 Å². The minimum absolute atomic E-state index is 0.0391. The van der Waals surface area contributed by atoms with Crippen LogP contribution >= 0.6 is 11.8 Å². The van der Waals surface area contributed by atoms with Crippen molar-refractivity contribution in [3.8, 4) is 0 Å². The smallest absolute Gasteiger partial charge is 0.152 e. The van der Waals surface area contributed by atoms with Crippen LogP contribution < -0.4 is 0 Å². The Kier molecular flexibility index (Phi) is 5.27. The lowest BCUT2D eigenvalue weighted by Gasteiger charge is -2.57. The molecule has 0 saturated heterocycles. The number of carbonyl (C=O) groups is 2. The number of fused-ring (bicyclic) bond motifs is 2. The highest BCUT2D eigenvalue weighted by molar-refractivity contribution is 8.00. The Hall–Kier alpha value is -1.09. The Labute approximate surface area is 174 Å². The molecule has 1 spiro atoms. The Balaban J connectivity index is 1.77. The van der Waals surface area contributed by atoms with Crippen LogP contribution in [0.25, 0.3) is 0 Å². The summed E-state index contributed by atoms with van der Waals surface area (Å²) in [7, 11) is 0. The maximum Gasteiger partial charge on any atom is 0.152 e. The summed E-state index contributed by atoms with van der Waals surface area (Å²) >= 11 is 1.79. The third-order valence-corrected chi connectivity index (χ3v) is 9.78. The summed E-state index contributed by atoms with van der Waals surface area (Å²) in [6, 6.07) is 10.4. The van der Waals surface area contributed by atoms with E-state index in [1.165, 1.54) is 4.90 Å². The van der Waals surface area contributed by atoms with Gasteiger partial charge in [-0.3, -0.25) is 9.59 Å². The Morgan fingerprint density at radius 2 is 1.68 bits per heavy atom. The van der Waals surface area contributed by atoms with E-state index in [1.807, 2.05) is 6.07 Å². The van der Waals surface area contributed by atoms with Gasteiger partial charge in [-0.2, -0.15) is 0 Å². The summed E-state index contributed by atoms with van der Waals surface area (Å²) in [5.41, 5.74) is -0.0637. The third-order valence-electron chi connectivity index (χ3n) is 8.45. The van der Waals surface area contributed by atoms with E-state index in [1.54, 1.807) is 11.8 Å². The first-order valence-electron chi connectivity index (χ1n) is 11.1. The van der Waals surface area contributed by atoms with Crippen molar-refractivity contribution in [1.29, 1.82) is 0 Å². The average molecular weight is 399 g/mol. The molecule has 2 nitrogen and oxygen atoms in total. The highest BCUT2D eigenvalue weighted by atomic mass is 32.2. The molecule has 3 fully saturated rings. The van der Waals surface area contributed by atoms with Crippen LogP contribution in [-0.2, 0) is 9.59 Å². The second-order valence-electron chi connectivity index (χ2n) is 10.1. The topological polar surface area (TPSA) is 34.1 Å². The molecule has 1 unspecified atom stereocenters. The summed E-state index contributed by atoms with van der Waals surface area (Å²) in [4.78, 5) is 27.2. The first kappa shape index (κ1) is 20.2. The lowest BCUT2D eigenvalue weighted by Crippen LogP contribution is -2.53. The molecule has 0 aliphatic heterocycles. The van der Waals surface area contributed by atoms with E-state index in [0.717, 1.165) is 25.7 Å². The minimum atomic E-state index is -0.228. The second-order valence-corrected chi connectivity index (χ2v) is 11.4. The summed E-state index contributed by atoms with van der Waals surface area (Å²) in [6.07, 6.45) is 5.56. The van der Waals surface area contributed by atoms with Gasteiger partial charge in [-0.15, -0.1) is 11.8 Å². The number of hydrogen-bond acceptors (Lipinski definition) is 3. The highest BCUT2D eigenvalue weighted by Crippen LogP contribution is 2.68. The second kappa shape index (κ2) is 7.31. The molecule has 28 heavy (non-hydrogen) atoms. The molecule has 0 heterocycles. The molecular weight excluding hydrogens is 364 g/mol. The Morgan fingerprint density at radius 1 is 1.04 bits per heavy atom. The standard InChI is InChI=1S/C25H34O2S/c1-16(2)20-21(28-19-8-6-5-7-9-19)23(27)24(4)13-10-17(3)25(22(20)24)14-11-18(26)12-15-25/h5-9,16-17,20-22H,10-15H2,1-4H3/t17-,20+,21?,22-,24-/m0/s1. The summed E-state index contributed by atoms with van der Waals surface area (Å²) in [6.45, 7) is 9.28. The number of ketones is 2. The van der Waals surface area contributed by atoms with Crippen LogP contribution in [0.1, 0.15) is 66.2 Å². The van der Waals surface area contributed by atoms with Gasteiger partial charge < -0.3 is 0 Å². The van der Waals surface area contributed by atoms with Crippen LogP contribution in [0.15, 0.2) is 35.2 Å². The number of hydrogen-bond donors (Lipinski definition) is 0. The molecule has 3 saturated carbocycles. The van der Waals surface area contributed by atoms with Crippen molar-refractivity contribution in [2.75, 3.05) is 0 Å². The Bertz CT molecular complexity index is 745. The molecule has 5 atom stereocenters. The van der Waals surface area contributed by atoms with Gasteiger partial charge in [0.2, 0.25) is 0 Å². The van der Waals surface area contributed by atoms with Crippen molar-refractivity contribution in [2.24, 2.45) is 34.5 Å². The van der Waals surface area contributed by atoms with Crippen LogP contribution in [0, 0.1) is 34.5 Å². The molecule has 0 N–H and O–H groups in total. The van der Waals surface area contributed by atoms with Crippen LogP contribution in [0.3, 0.4) is 0 Å². The van der Waals surface area contributed by atoms with E-state index in [0.29, 0.717) is 48.1 Å². The number of carbonyl (C=O) groups excluding carboxylic acids is 2. The van der Waals surface area contributed by atoms with E-state index in [4.69, 9.17) is 0 Å². The monoisotopic (exact) mass is 398 g/mol. The van der Waals surface area contributed by atoms with Gasteiger partial charge in [0.05, 0.1) is 5.25 Å². The van der Waals surface area contributed by atoms with Crippen LogP contribution in [0.5, 0.6) is 0 Å². The van der Waals surface area contributed by atoms with E-state index in [2.05, 4.69) is 52.0 Å². The predicted octanol–water partition coefficient (Wildman–Crippen LogP) is 6.18. The maximum atomic E-state index is 13.9. The molecule has 3 heteroatoms. The molecule has 4 rings (SSSR count). The SMILES string of the molecule is CC(C)[C@@H]1C(Sc2ccccc2)C(=O)[C@@]2(C)CC[C@H](C)C3(CCC(=O)CC3)[C@@H]12. The van der Waals surface area contributed by atoms with Crippen LogP contribution in [0.4, 0.5) is 0 Å². The van der Waals surface area contributed by atoms with E-state index in [9.17, 15) is 9.59 Å². The fourth-order valence-corrected chi connectivity index (χ4v) is 8.58. The van der Waals surface area contributed by atoms with Crippen molar-refractivity contribution in [3.63, 3.8) is 0 Å². The van der Waals surface area contributed by atoms with Crippen molar-refractivity contribution in [1.82, 2.24) is 0 Å². The zero-order valence-electron chi connectivity index (χ0n) is 17.7. The highest BCUT2D eigenvalue weighted by Gasteiger charge is 2.67. The van der Waals surface area contributed by atoms with Gasteiger partial charge >= 0.3 is 0 Å². The average Bonchev–Trinajstić information content (AvgIpc) is 2.91. The van der Waals surface area contributed by atoms with Gasteiger partial charge in [-0.25, -0.2) is 0 Å². The molecule has 0 radical (unpaired) electrons. The quantitative estimate of drug-likeness (QED) is 0.609. The molecule has 0 bridgehead atoms. The van der Waals surface area contributed by atoms with Crippen molar-refractivity contribution in [2.45, 2.75) is 76.4 Å². The fraction of sp³-hybridized carbons (Fsp3) is 0.680. The van der Waals surface area contributed by atoms with Gasteiger partial charge in [0, 0.05) is 23.2 Å². The lowest BCUT2D eigenvalue weighted by molar-refractivity contribution is -0.142. The zero-order chi connectivity index (χ0) is 20.1. The number of rotatable bonds is 3. The molecule has 1 aromatic carbocycles. The first-order chi connectivity index (χ1) is 13.3. The van der Waals surface area contributed by atoms with E-state index in [-0.39, 0.29) is 16.1 Å². The number of thioether (sulfide) groups is 1. The number of benzene rings is 1. The lowest BCUT2D eigenvalue weighted by atomic mass is 9.46. The molecular formula is C25H34O2S. The maximum absolute atomic E-state index is 13.9. The van der Waals surface area contributed by atoms with Crippen LogP contribution in [0.2, 0.25) is 0 Å². The summed E-state index contributed by atoms with van der Waals surface area (Å²) in [5.74, 6) is 2.77. The molecule has 0 amide bonds. The molecule has 1 aromatic rings. The van der Waals surface area contributed by atoms with Crippen molar-refractivity contribution in [3.05, 3.63) is 30.3 Å². The van der Waals surface area contributed by atoms with Crippen LogP contribution in [-0.4, -0.2) is 16.8 Å². The van der Waals surface area contributed by atoms with E-state index >= 15 is 0 Å². The van der Waals surface area contributed by atoms with E-state index < -0.39 is 0 Å². The molecule has 152 valence electrons. The van der Waals surface area contributed by atoms with Gasteiger partial charge in [0.15, 0.2) is 5.78 Å². The van der Waals surface area contributed by atoms with Gasteiger partial charge in [0.1, 0.15) is 5.78 Å². The third kappa shape index (κ3) is 3.00. The first-order valence-corrected chi connectivity index (χ1v) is 12.0. The number of Topliss-reactive ketones (excluding diaryl/α,β-unsaturated/α-hetero) is 2. The summed E-state index contributed by atoms with van der Waals surface area (Å²) < 4.78 is 0. The zero-order valence-corrected chi connectivity index (χ0v) is 18.6. The minimum Gasteiger partial charge on any atom is -0.300 e.